The second-order valence-electron chi connectivity index (χ2n) is 6.30. The van der Waals surface area contributed by atoms with E-state index in [0.29, 0.717) is 13.1 Å². The van der Waals surface area contributed by atoms with Gasteiger partial charge in [-0.25, -0.2) is 0 Å². The Kier molecular flexibility index (Phi) is 4.77. The van der Waals surface area contributed by atoms with Crippen LogP contribution in [0.25, 0.3) is 0 Å². The number of likely N-dealkylation sites (tertiary alicyclic amines) is 1. The van der Waals surface area contributed by atoms with Crippen LogP contribution in [0, 0.1) is 12.8 Å². The topological polar surface area (TPSA) is 40.5 Å². The van der Waals surface area contributed by atoms with Crippen molar-refractivity contribution in [1.82, 2.24) is 4.90 Å². The molecule has 1 amide bonds. The molecule has 0 aliphatic carbocycles. The molecule has 3 heteroatoms. The fourth-order valence-corrected chi connectivity index (χ4v) is 3.32. The van der Waals surface area contributed by atoms with E-state index in [1.807, 2.05) is 66.4 Å². The number of aryl methyl sites for hydroxylation is 1. The molecule has 0 bridgehead atoms. The Hall–Kier alpha value is -2.13. The Morgan fingerprint density at radius 1 is 1.04 bits per heavy atom. The van der Waals surface area contributed by atoms with Gasteiger partial charge < -0.3 is 10.0 Å². The van der Waals surface area contributed by atoms with Crippen LogP contribution in [0.1, 0.15) is 40.4 Å². The van der Waals surface area contributed by atoms with E-state index in [2.05, 4.69) is 0 Å². The lowest BCUT2D eigenvalue weighted by Gasteiger charge is -2.34. The molecule has 1 fully saturated rings. The predicted molar refractivity (Wildman–Crippen MR) is 91.2 cm³/mol. The molecule has 2 aromatic rings. The highest BCUT2D eigenvalue weighted by atomic mass is 16.3. The molecular formula is C20H23NO2. The Bertz CT molecular complexity index is 660. The molecule has 3 nitrogen and oxygen atoms in total. The third-order valence-electron chi connectivity index (χ3n) is 4.79. The van der Waals surface area contributed by atoms with Crippen LogP contribution < -0.4 is 0 Å². The minimum Gasteiger partial charge on any atom is -0.388 e. The SMILES string of the molecule is Cc1ccccc1C(=O)N1CCC([C@@H](O)c2ccccc2)CC1. The minimum absolute atomic E-state index is 0.107. The molecule has 0 spiro atoms. The fraction of sp³-hybridized carbons (Fsp3) is 0.350. The van der Waals surface area contributed by atoms with Crippen molar-refractivity contribution in [2.24, 2.45) is 5.92 Å². The molecule has 120 valence electrons. The van der Waals surface area contributed by atoms with Crippen LogP contribution >= 0.6 is 0 Å². The van der Waals surface area contributed by atoms with Gasteiger partial charge in [-0.1, -0.05) is 48.5 Å². The lowest BCUT2D eigenvalue weighted by Crippen LogP contribution is -2.40. The number of piperidine rings is 1. The van der Waals surface area contributed by atoms with Gasteiger partial charge in [0, 0.05) is 18.7 Å². The first-order valence-corrected chi connectivity index (χ1v) is 8.24. The summed E-state index contributed by atoms with van der Waals surface area (Å²) in [5.74, 6) is 0.328. The largest absolute Gasteiger partial charge is 0.388 e. The van der Waals surface area contributed by atoms with Gasteiger partial charge in [0.05, 0.1) is 6.10 Å². The average molecular weight is 309 g/mol. The van der Waals surface area contributed by atoms with E-state index in [1.54, 1.807) is 0 Å². The van der Waals surface area contributed by atoms with Crippen LogP contribution in [0.3, 0.4) is 0 Å². The van der Waals surface area contributed by atoms with E-state index >= 15 is 0 Å². The summed E-state index contributed by atoms with van der Waals surface area (Å²) in [6.07, 6.45) is 1.24. The molecule has 1 aliphatic rings. The number of rotatable bonds is 3. The van der Waals surface area contributed by atoms with Gasteiger partial charge in [0.1, 0.15) is 0 Å². The molecule has 0 aromatic heterocycles. The smallest absolute Gasteiger partial charge is 0.254 e. The number of aliphatic hydroxyl groups is 1. The summed E-state index contributed by atoms with van der Waals surface area (Å²) < 4.78 is 0. The van der Waals surface area contributed by atoms with E-state index in [-0.39, 0.29) is 11.8 Å². The summed E-state index contributed by atoms with van der Waals surface area (Å²) in [4.78, 5) is 14.5. The maximum Gasteiger partial charge on any atom is 0.254 e. The molecule has 1 aliphatic heterocycles. The number of aliphatic hydroxyl groups excluding tert-OH is 1. The lowest BCUT2D eigenvalue weighted by molar-refractivity contribution is 0.0462. The van der Waals surface area contributed by atoms with Gasteiger partial charge in [-0.2, -0.15) is 0 Å². The highest BCUT2D eigenvalue weighted by Crippen LogP contribution is 2.31. The quantitative estimate of drug-likeness (QED) is 0.941. The Morgan fingerprint density at radius 3 is 2.30 bits per heavy atom. The zero-order chi connectivity index (χ0) is 16.2. The molecule has 1 N–H and O–H groups in total. The summed E-state index contributed by atoms with van der Waals surface area (Å²) in [7, 11) is 0. The number of hydrogen-bond donors (Lipinski definition) is 1. The van der Waals surface area contributed by atoms with Crippen molar-refractivity contribution in [2.75, 3.05) is 13.1 Å². The summed E-state index contributed by atoms with van der Waals surface area (Å²) in [6.45, 7) is 3.39. The molecule has 2 aromatic carbocycles. The van der Waals surface area contributed by atoms with Crippen molar-refractivity contribution >= 4 is 5.91 Å². The highest BCUT2D eigenvalue weighted by Gasteiger charge is 2.28. The number of carbonyl (C=O) groups excluding carboxylic acids is 1. The van der Waals surface area contributed by atoms with Gasteiger partial charge in [-0.15, -0.1) is 0 Å². The first-order chi connectivity index (χ1) is 11.2. The van der Waals surface area contributed by atoms with E-state index in [4.69, 9.17) is 0 Å². The first kappa shape index (κ1) is 15.8. The zero-order valence-electron chi connectivity index (χ0n) is 13.5. The van der Waals surface area contributed by atoms with Gasteiger partial charge in [0.2, 0.25) is 0 Å². The van der Waals surface area contributed by atoms with Crippen molar-refractivity contribution in [3.8, 4) is 0 Å². The van der Waals surface area contributed by atoms with Crippen LogP contribution in [-0.2, 0) is 0 Å². The van der Waals surface area contributed by atoms with Gasteiger partial charge in [0.25, 0.3) is 5.91 Å². The van der Waals surface area contributed by atoms with Crippen LogP contribution in [0.5, 0.6) is 0 Å². The van der Waals surface area contributed by atoms with Gasteiger partial charge in [-0.3, -0.25) is 4.79 Å². The highest BCUT2D eigenvalue weighted by molar-refractivity contribution is 5.95. The third kappa shape index (κ3) is 3.45. The van der Waals surface area contributed by atoms with Crippen molar-refractivity contribution in [3.63, 3.8) is 0 Å². The number of amides is 1. The molecule has 1 saturated heterocycles. The summed E-state index contributed by atoms with van der Waals surface area (Å²) >= 11 is 0. The van der Waals surface area contributed by atoms with Gasteiger partial charge >= 0.3 is 0 Å². The second kappa shape index (κ2) is 6.97. The summed E-state index contributed by atoms with van der Waals surface area (Å²) in [6, 6.07) is 17.5. The summed E-state index contributed by atoms with van der Waals surface area (Å²) in [5, 5.41) is 10.5. The molecule has 1 heterocycles. The van der Waals surface area contributed by atoms with Crippen LogP contribution in [0.4, 0.5) is 0 Å². The van der Waals surface area contributed by atoms with Crippen molar-refractivity contribution in [2.45, 2.75) is 25.9 Å². The van der Waals surface area contributed by atoms with Crippen LogP contribution in [0.15, 0.2) is 54.6 Å². The normalized spacial score (nSPS) is 17.0. The average Bonchev–Trinajstić information content (AvgIpc) is 2.62. The van der Waals surface area contributed by atoms with E-state index in [9.17, 15) is 9.90 Å². The molecule has 3 rings (SSSR count). The van der Waals surface area contributed by atoms with Crippen molar-refractivity contribution in [1.29, 1.82) is 0 Å². The van der Waals surface area contributed by atoms with Crippen molar-refractivity contribution in [3.05, 3.63) is 71.3 Å². The monoisotopic (exact) mass is 309 g/mol. The number of nitrogens with zero attached hydrogens (tertiary/aromatic N) is 1. The fourth-order valence-electron chi connectivity index (χ4n) is 3.32. The maximum absolute atomic E-state index is 12.6. The maximum atomic E-state index is 12.6. The van der Waals surface area contributed by atoms with Gasteiger partial charge in [-0.05, 0) is 42.9 Å². The Labute approximate surface area is 137 Å². The van der Waals surface area contributed by atoms with E-state index in [0.717, 1.165) is 29.5 Å². The van der Waals surface area contributed by atoms with Crippen molar-refractivity contribution < 1.29 is 9.90 Å². The number of carbonyl (C=O) groups is 1. The molecule has 23 heavy (non-hydrogen) atoms. The minimum atomic E-state index is -0.438. The van der Waals surface area contributed by atoms with Gasteiger partial charge in [0.15, 0.2) is 0 Å². The van der Waals surface area contributed by atoms with Crippen LogP contribution in [-0.4, -0.2) is 29.0 Å². The lowest BCUT2D eigenvalue weighted by atomic mass is 9.87. The number of hydrogen-bond acceptors (Lipinski definition) is 2. The number of benzene rings is 2. The molecule has 1 atom stereocenters. The van der Waals surface area contributed by atoms with E-state index in [1.165, 1.54) is 0 Å². The van der Waals surface area contributed by atoms with Crippen LogP contribution in [0.2, 0.25) is 0 Å². The summed E-state index contributed by atoms with van der Waals surface area (Å²) in [5.41, 5.74) is 2.77. The Morgan fingerprint density at radius 2 is 1.65 bits per heavy atom. The third-order valence-corrected chi connectivity index (χ3v) is 4.79. The molecular weight excluding hydrogens is 286 g/mol. The zero-order valence-corrected chi connectivity index (χ0v) is 13.5. The molecule has 0 unspecified atom stereocenters. The first-order valence-electron chi connectivity index (χ1n) is 8.24. The standard InChI is InChI=1S/C20H23NO2/c1-15-7-5-6-10-18(15)20(23)21-13-11-17(12-14-21)19(22)16-8-3-2-4-9-16/h2-10,17,19,22H,11-14H2,1H3/t19-/m0/s1. The Balaban J connectivity index is 1.62. The predicted octanol–water partition coefficient (Wildman–Crippen LogP) is 3.58. The molecule has 0 radical (unpaired) electrons. The molecule has 0 saturated carbocycles. The second-order valence-corrected chi connectivity index (χ2v) is 6.30. The van der Waals surface area contributed by atoms with E-state index < -0.39 is 6.10 Å².